The van der Waals surface area contributed by atoms with Gasteiger partial charge < -0.3 is 0 Å². The van der Waals surface area contributed by atoms with Crippen LogP contribution in [0.15, 0.2) is 23.4 Å². The molecule has 1 aliphatic rings. The van der Waals surface area contributed by atoms with Gasteiger partial charge in [0.25, 0.3) is 0 Å². The highest BCUT2D eigenvalue weighted by atomic mass is 19.4. The summed E-state index contributed by atoms with van der Waals surface area (Å²) in [5.41, 5.74) is 3.08. The highest BCUT2D eigenvalue weighted by molar-refractivity contribution is 5.89. The van der Waals surface area contributed by atoms with Crippen LogP contribution >= 0.6 is 0 Å². The quantitative estimate of drug-likeness (QED) is 0.821. The average Bonchev–Trinajstić information content (AvgIpc) is 2.37. The number of alkyl halides is 3. The SMILES string of the molecule is C[C@@H]1CCC[C@H](C)C1=NNc1ccc(C(F)(F)F)cn1. The topological polar surface area (TPSA) is 37.3 Å². The Morgan fingerprint density at radius 2 is 1.85 bits per heavy atom. The molecular weight excluding hydrogens is 267 g/mol. The van der Waals surface area contributed by atoms with E-state index in [9.17, 15) is 13.2 Å². The summed E-state index contributed by atoms with van der Waals surface area (Å²) >= 11 is 0. The highest BCUT2D eigenvalue weighted by Crippen LogP contribution is 2.29. The van der Waals surface area contributed by atoms with Gasteiger partial charge in [0.05, 0.1) is 5.56 Å². The van der Waals surface area contributed by atoms with Crippen LogP contribution < -0.4 is 5.43 Å². The maximum Gasteiger partial charge on any atom is 0.417 e. The predicted octanol–water partition coefficient (Wildman–Crippen LogP) is 4.32. The van der Waals surface area contributed by atoms with Gasteiger partial charge in [0.2, 0.25) is 0 Å². The zero-order valence-electron chi connectivity index (χ0n) is 11.5. The standard InChI is InChI=1S/C14H18F3N3/c1-9-4-3-5-10(2)13(9)20-19-12-7-6-11(8-18-12)14(15,16)17/h6-10H,3-5H2,1-2H3,(H,18,19)/t9-,10+. The minimum absolute atomic E-state index is 0.329. The van der Waals surface area contributed by atoms with Gasteiger partial charge in [0.1, 0.15) is 5.82 Å². The molecule has 0 aliphatic heterocycles. The van der Waals surface area contributed by atoms with Crippen LogP contribution in [-0.2, 0) is 6.18 Å². The number of rotatable bonds is 2. The van der Waals surface area contributed by atoms with Gasteiger partial charge in [-0.15, -0.1) is 0 Å². The third-order valence-electron chi connectivity index (χ3n) is 3.67. The Balaban J connectivity index is 2.07. The van der Waals surface area contributed by atoms with E-state index < -0.39 is 11.7 Å². The van der Waals surface area contributed by atoms with Crippen LogP contribution in [0.4, 0.5) is 19.0 Å². The summed E-state index contributed by atoms with van der Waals surface area (Å²) in [5.74, 6) is 1.14. The molecule has 110 valence electrons. The second-order valence-electron chi connectivity index (χ2n) is 5.31. The van der Waals surface area contributed by atoms with Gasteiger partial charge in [-0.1, -0.05) is 20.3 Å². The lowest BCUT2D eigenvalue weighted by molar-refractivity contribution is -0.137. The van der Waals surface area contributed by atoms with Gasteiger partial charge in [-0.3, -0.25) is 5.43 Å². The van der Waals surface area contributed by atoms with Gasteiger partial charge in [-0.05, 0) is 36.8 Å². The predicted molar refractivity (Wildman–Crippen MR) is 72.5 cm³/mol. The molecule has 0 saturated heterocycles. The molecule has 0 amide bonds. The number of anilines is 1. The molecule has 1 heterocycles. The minimum Gasteiger partial charge on any atom is -0.261 e. The highest BCUT2D eigenvalue weighted by Gasteiger charge is 2.30. The molecule has 1 fully saturated rings. The van der Waals surface area contributed by atoms with Gasteiger partial charge in [-0.2, -0.15) is 18.3 Å². The zero-order chi connectivity index (χ0) is 14.8. The lowest BCUT2D eigenvalue weighted by Gasteiger charge is -2.26. The Morgan fingerprint density at radius 3 is 2.35 bits per heavy atom. The van der Waals surface area contributed by atoms with Crippen LogP contribution in [-0.4, -0.2) is 10.7 Å². The fourth-order valence-corrected chi connectivity index (χ4v) is 2.48. The lowest BCUT2D eigenvalue weighted by Crippen LogP contribution is -2.25. The molecule has 0 bridgehead atoms. The van der Waals surface area contributed by atoms with E-state index >= 15 is 0 Å². The van der Waals surface area contributed by atoms with Crippen LogP contribution in [0.25, 0.3) is 0 Å². The van der Waals surface area contributed by atoms with E-state index in [2.05, 4.69) is 29.4 Å². The van der Waals surface area contributed by atoms with E-state index in [4.69, 9.17) is 0 Å². The fourth-order valence-electron chi connectivity index (χ4n) is 2.48. The zero-order valence-corrected chi connectivity index (χ0v) is 11.5. The van der Waals surface area contributed by atoms with Crippen molar-refractivity contribution >= 4 is 11.5 Å². The van der Waals surface area contributed by atoms with E-state index in [0.717, 1.165) is 30.8 Å². The first-order valence-electron chi connectivity index (χ1n) is 6.74. The van der Waals surface area contributed by atoms with E-state index in [-0.39, 0.29) is 0 Å². The van der Waals surface area contributed by atoms with Crippen molar-refractivity contribution in [3.63, 3.8) is 0 Å². The Morgan fingerprint density at radius 1 is 1.20 bits per heavy atom. The van der Waals surface area contributed by atoms with E-state index in [1.807, 2.05) is 0 Å². The molecule has 3 nitrogen and oxygen atoms in total. The van der Waals surface area contributed by atoms with Crippen LogP contribution in [0.3, 0.4) is 0 Å². The summed E-state index contributed by atoms with van der Waals surface area (Å²) in [5, 5.41) is 4.33. The summed E-state index contributed by atoms with van der Waals surface area (Å²) in [4.78, 5) is 3.74. The van der Waals surface area contributed by atoms with E-state index in [0.29, 0.717) is 17.7 Å². The molecule has 6 heteroatoms. The molecular formula is C14H18F3N3. The van der Waals surface area contributed by atoms with Gasteiger partial charge in [0.15, 0.2) is 0 Å². The van der Waals surface area contributed by atoms with Crippen LogP contribution in [0, 0.1) is 11.8 Å². The third kappa shape index (κ3) is 3.49. The normalized spacial score (nSPS) is 25.8. The average molecular weight is 285 g/mol. The van der Waals surface area contributed by atoms with Gasteiger partial charge >= 0.3 is 6.18 Å². The van der Waals surface area contributed by atoms with E-state index in [1.54, 1.807) is 0 Å². The Bertz CT molecular complexity index is 467. The molecule has 1 N–H and O–H groups in total. The molecule has 1 aliphatic carbocycles. The van der Waals surface area contributed by atoms with Crippen molar-refractivity contribution in [2.24, 2.45) is 16.9 Å². The molecule has 1 aromatic heterocycles. The molecule has 0 unspecified atom stereocenters. The minimum atomic E-state index is -4.36. The maximum absolute atomic E-state index is 12.4. The molecule has 0 spiro atoms. The monoisotopic (exact) mass is 285 g/mol. The van der Waals surface area contributed by atoms with Crippen molar-refractivity contribution in [1.29, 1.82) is 0 Å². The first-order chi connectivity index (χ1) is 9.38. The number of nitrogens with zero attached hydrogens (tertiary/aromatic N) is 2. The molecule has 0 aromatic carbocycles. The van der Waals surface area contributed by atoms with Crippen LogP contribution in [0.2, 0.25) is 0 Å². The van der Waals surface area contributed by atoms with E-state index in [1.165, 1.54) is 12.5 Å². The molecule has 2 atom stereocenters. The third-order valence-corrected chi connectivity index (χ3v) is 3.67. The first kappa shape index (κ1) is 14.8. The molecule has 1 saturated carbocycles. The fraction of sp³-hybridized carbons (Fsp3) is 0.571. The molecule has 20 heavy (non-hydrogen) atoms. The number of hydrazone groups is 1. The Kier molecular flexibility index (Phi) is 4.30. The number of nitrogens with one attached hydrogen (secondary N) is 1. The number of hydrogen-bond acceptors (Lipinski definition) is 3. The first-order valence-corrected chi connectivity index (χ1v) is 6.74. The molecule has 0 radical (unpaired) electrons. The molecule has 2 rings (SSSR count). The second kappa shape index (κ2) is 5.81. The van der Waals surface area contributed by atoms with Crippen molar-refractivity contribution < 1.29 is 13.2 Å². The summed E-state index contributed by atoms with van der Waals surface area (Å²) in [7, 11) is 0. The number of hydrogen-bond donors (Lipinski definition) is 1. The summed E-state index contributed by atoms with van der Waals surface area (Å²) < 4.78 is 37.2. The maximum atomic E-state index is 12.4. The number of halogens is 3. The van der Waals surface area contributed by atoms with Crippen molar-refractivity contribution in [3.8, 4) is 0 Å². The number of aromatic nitrogens is 1. The number of pyridine rings is 1. The van der Waals surface area contributed by atoms with Crippen molar-refractivity contribution in [1.82, 2.24) is 4.98 Å². The van der Waals surface area contributed by atoms with Gasteiger partial charge in [-0.25, -0.2) is 4.98 Å². The summed E-state index contributed by atoms with van der Waals surface area (Å²) in [6.45, 7) is 4.24. The Labute approximate surface area is 116 Å². The second-order valence-corrected chi connectivity index (χ2v) is 5.31. The molecule has 1 aromatic rings. The van der Waals surface area contributed by atoms with Crippen molar-refractivity contribution in [2.45, 2.75) is 39.3 Å². The van der Waals surface area contributed by atoms with Gasteiger partial charge in [0, 0.05) is 11.9 Å². The summed E-state index contributed by atoms with van der Waals surface area (Å²) in [6.07, 6.45) is -0.142. The smallest absolute Gasteiger partial charge is 0.261 e. The van der Waals surface area contributed by atoms with Crippen molar-refractivity contribution in [3.05, 3.63) is 23.9 Å². The largest absolute Gasteiger partial charge is 0.417 e. The van der Waals surface area contributed by atoms with Crippen LogP contribution in [0.5, 0.6) is 0 Å². The lowest BCUT2D eigenvalue weighted by atomic mass is 9.81. The van der Waals surface area contributed by atoms with Crippen molar-refractivity contribution in [2.75, 3.05) is 5.43 Å². The van der Waals surface area contributed by atoms with Crippen LogP contribution in [0.1, 0.15) is 38.7 Å². The summed E-state index contributed by atoms with van der Waals surface area (Å²) in [6, 6.07) is 2.30. The Hall–Kier alpha value is -1.59.